The van der Waals surface area contributed by atoms with Gasteiger partial charge < -0.3 is 0 Å². The van der Waals surface area contributed by atoms with Crippen molar-refractivity contribution in [3.63, 3.8) is 0 Å². The van der Waals surface area contributed by atoms with Gasteiger partial charge in [-0.1, -0.05) is 196 Å². The van der Waals surface area contributed by atoms with Crippen LogP contribution in [0.15, 0.2) is 194 Å². The van der Waals surface area contributed by atoms with Crippen LogP contribution in [0.3, 0.4) is 0 Å². The van der Waals surface area contributed by atoms with Crippen LogP contribution in [0.2, 0.25) is 0 Å². The number of fused-ring (bicyclic) bond motifs is 3. The van der Waals surface area contributed by atoms with E-state index >= 15 is 0 Å². The van der Waals surface area contributed by atoms with Crippen LogP contribution in [0.25, 0.3) is 120 Å². The lowest BCUT2D eigenvalue weighted by Gasteiger charge is -2.23. The summed E-state index contributed by atoms with van der Waals surface area (Å²) < 4.78 is 0. The summed E-state index contributed by atoms with van der Waals surface area (Å²) in [5.74, 6) is 0. The maximum absolute atomic E-state index is 2.47. The summed E-state index contributed by atoms with van der Waals surface area (Å²) in [6, 6.07) is 73.1. The van der Waals surface area contributed by atoms with Gasteiger partial charge in [0.1, 0.15) is 0 Å². The molecule has 0 bridgehead atoms. The average molecular weight is 747 g/mol. The Labute approximate surface area is 343 Å². The molecular weight excluding hydrogens is 709 g/mol. The monoisotopic (exact) mass is 746 g/mol. The first-order valence-electron chi connectivity index (χ1n) is 20.8. The molecule has 0 heterocycles. The van der Waals surface area contributed by atoms with Crippen LogP contribution in [-0.4, -0.2) is 0 Å². The molecule has 0 atom stereocenters. The lowest BCUT2D eigenvalue weighted by atomic mass is 9.80. The molecule has 0 radical (unpaired) electrons. The van der Waals surface area contributed by atoms with Gasteiger partial charge in [0, 0.05) is 5.41 Å². The highest BCUT2D eigenvalue weighted by molar-refractivity contribution is 6.28. The fraction of sp³-hybridized carbons (Fsp3) is 0.0508. The minimum Gasteiger partial charge on any atom is -0.0622 e. The van der Waals surface area contributed by atoms with Crippen molar-refractivity contribution in [1.82, 2.24) is 0 Å². The molecule has 1 aliphatic carbocycles. The van der Waals surface area contributed by atoms with Crippen LogP contribution in [-0.2, 0) is 5.41 Å². The molecule has 12 aromatic carbocycles. The van der Waals surface area contributed by atoms with Crippen LogP contribution in [0, 0.1) is 0 Å². The maximum atomic E-state index is 2.47. The van der Waals surface area contributed by atoms with Gasteiger partial charge in [0.2, 0.25) is 0 Å². The molecule has 0 spiro atoms. The third-order valence-corrected chi connectivity index (χ3v) is 13.8. The largest absolute Gasteiger partial charge is 0.0622 e. The van der Waals surface area contributed by atoms with Gasteiger partial charge in [-0.3, -0.25) is 0 Å². The molecule has 0 unspecified atom stereocenters. The van der Waals surface area contributed by atoms with E-state index in [1.807, 2.05) is 0 Å². The van der Waals surface area contributed by atoms with E-state index < -0.39 is 0 Å². The number of hydrogen-bond acceptors (Lipinski definition) is 0. The molecule has 12 aromatic rings. The SMILES string of the molecule is CC1(C)c2cc(-c3ccc(-c4ccc5ccc6cccc7ccc4c5c67)cc3)ccc2-c2ccc(-c3ccc4ccc5c(-c6ccccc6)ccc6ccc3c4c65)cc21. The van der Waals surface area contributed by atoms with Crippen molar-refractivity contribution >= 4 is 64.6 Å². The molecular formula is C59H38. The Morgan fingerprint density at radius 2 is 0.627 bits per heavy atom. The van der Waals surface area contributed by atoms with E-state index in [-0.39, 0.29) is 5.41 Å². The van der Waals surface area contributed by atoms with Gasteiger partial charge in [-0.05, 0) is 144 Å². The van der Waals surface area contributed by atoms with Gasteiger partial charge in [-0.2, -0.15) is 0 Å². The second-order valence-corrected chi connectivity index (χ2v) is 17.2. The van der Waals surface area contributed by atoms with Crippen molar-refractivity contribution < 1.29 is 0 Å². The van der Waals surface area contributed by atoms with E-state index in [1.165, 1.54) is 131 Å². The fourth-order valence-corrected chi connectivity index (χ4v) is 10.8. The van der Waals surface area contributed by atoms with E-state index in [4.69, 9.17) is 0 Å². The Morgan fingerprint density at radius 3 is 1.19 bits per heavy atom. The molecule has 0 aliphatic heterocycles. The van der Waals surface area contributed by atoms with Gasteiger partial charge in [-0.25, -0.2) is 0 Å². The Kier molecular flexibility index (Phi) is 6.60. The molecule has 1 aliphatic rings. The van der Waals surface area contributed by atoms with E-state index in [1.54, 1.807) is 0 Å². The van der Waals surface area contributed by atoms with Crippen LogP contribution in [0.4, 0.5) is 0 Å². The minimum atomic E-state index is -0.146. The van der Waals surface area contributed by atoms with Crippen molar-refractivity contribution in [3.8, 4) is 55.6 Å². The third kappa shape index (κ3) is 4.60. The molecule has 0 N–H and O–H groups in total. The molecule has 13 rings (SSSR count). The zero-order valence-corrected chi connectivity index (χ0v) is 33.0. The van der Waals surface area contributed by atoms with Gasteiger partial charge in [0.15, 0.2) is 0 Å². The summed E-state index contributed by atoms with van der Waals surface area (Å²) in [5.41, 5.74) is 15.5. The number of benzene rings is 12. The molecule has 0 heteroatoms. The summed E-state index contributed by atoms with van der Waals surface area (Å²) >= 11 is 0. The highest BCUT2D eigenvalue weighted by Gasteiger charge is 2.36. The van der Waals surface area contributed by atoms with Gasteiger partial charge >= 0.3 is 0 Å². The normalized spacial score (nSPS) is 13.4. The lowest BCUT2D eigenvalue weighted by Crippen LogP contribution is -2.15. The topological polar surface area (TPSA) is 0 Å². The first kappa shape index (κ1) is 32.8. The van der Waals surface area contributed by atoms with Crippen LogP contribution < -0.4 is 0 Å². The minimum absolute atomic E-state index is 0.146. The Morgan fingerprint density at radius 1 is 0.254 bits per heavy atom. The number of hydrogen-bond donors (Lipinski definition) is 0. The third-order valence-electron chi connectivity index (χ3n) is 13.8. The van der Waals surface area contributed by atoms with Gasteiger partial charge in [-0.15, -0.1) is 0 Å². The predicted molar refractivity (Wildman–Crippen MR) is 253 cm³/mol. The van der Waals surface area contributed by atoms with Crippen LogP contribution in [0.1, 0.15) is 25.0 Å². The van der Waals surface area contributed by atoms with Gasteiger partial charge in [0.25, 0.3) is 0 Å². The highest BCUT2D eigenvalue weighted by atomic mass is 14.4. The first-order valence-corrected chi connectivity index (χ1v) is 20.8. The van der Waals surface area contributed by atoms with Crippen molar-refractivity contribution in [2.45, 2.75) is 19.3 Å². The molecule has 0 saturated carbocycles. The molecule has 274 valence electrons. The molecule has 0 aromatic heterocycles. The van der Waals surface area contributed by atoms with Crippen LogP contribution >= 0.6 is 0 Å². The van der Waals surface area contributed by atoms with Crippen molar-refractivity contribution in [2.75, 3.05) is 0 Å². The summed E-state index contributed by atoms with van der Waals surface area (Å²) in [6.45, 7) is 4.80. The van der Waals surface area contributed by atoms with E-state index in [0.717, 1.165) is 0 Å². The zero-order valence-electron chi connectivity index (χ0n) is 33.0. The highest BCUT2D eigenvalue weighted by Crippen LogP contribution is 2.52. The summed E-state index contributed by atoms with van der Waals surface area (Å²) in [4.78, 5) is 0. The summed E-state index contributed by atoms with van der Waals surface area (Å²) in [6.07, 6.45) is 0. The van der Waals surface area contributed by atoms with E-state index in [9.17, 15) is 0 Å². The first-order chi connectivity index (χ1) is 29.0. The average Bonchev–Trinajstić information content (AvgIpc) is 3.52. The fourth-order valence-electron chi connectivity index (χ4n) is 10.8. The summed E-state index contributed by atoms with van der Waals surface area (Å²) in [7, 11) is 0. The van der Waals surface area contributed by atoms with Crippen molar-refractivity contribution in [3.05, 3.63) is 205 Å². The number of rotatable bonds is 4. The van der Waals surface area contributed by atoms with Crippen LogP contribution in [0.5, 0.6) is 0 Å². The Hall–Kier alpha value is -7.28. The standard InChI is InChI=1S/C59H38/c1-59(2)53-33-43(35-11-13-37(14-12-35)46-26-17-40-16-15-38-9-6-10-39-20-30-50(46)56(40)55(38)39)23-28-48(53)49-29-24-44(34-54(49)59)47-27-19-42-21-31-51-45(36-7-4-3-5-8-36)25-18-41-22-32-52(47)58(42)57(41)51/h3-34H,1-2H3. The predicted octanol–water partition coefficient (Wildman–Crippen LogP) is 16.5. The smallest absolute Gasteiger partial charge is 0.0159 e. The van der Waals surface area contributed by atoms with Crippen molar-refractivity contribution in [1.29, 1.82) is 0 Å². The molecule has 0 fully saturated rings. The second kappa shape index (κ2) is 11.9. The van der Waals surface area contributed by atoms with E-state index in [0.29, 0.717) is 0 Å². The maximum Gasteiger partial charge on any atom is 0.0159 e. The molecule has 59 heavy (non-hydrogen) atoms. The Balaban J connectivity index is 0.871. The molecule has 0 nitrogen and oxygen atoms in total. The second-order valence-electron chi connectivity index (χ2n) is 17.2. The zero-order chi connectivity index (χ0) is 39.0. The molecule has 0 saturated heterocycles. The van der Waals surface area contributed by atoms with E-state index in [2.05, 4.69) is 208 Å². The quantitative estimate of drug-likeness (QED) is 0.157. The van der Waals surface area contributed by atoms with Gasteiger partial charge in [0.05, 0.1) is 0 Å². The summed E-state index contributed by atoms with van der Waals surface area (Å²) in [5, 5.41) is 15.9. The Bertz CT molecular complexity index is 3640. The molecule has 0 amide bonds. The lowest BCUT2D eigenvalue weighted by molar-refractivity contribution is 0.661. The van der Waals surface area contributed by atoms with Crippen molar-refractivity contribution in [2.24, 2.45) is 0 Å².